The van der Waals surface area contributed by atoms with Gasteiger partial charge in [-0.25, -0.2) is 4.79 Å². The summed E-state index contributed by atoms with van der Waals surface area (Å²) in [6.07, 6.45) is -2.37. The Hall–Kier alpha value is -1.57. The van der Waals surface area contributed by atoms with Gasteiger partial charge < -0.3 is 10.6 Å². The van der Waals surface area contributed by atoms with E-state index in [0.29, 0.717) is 12.2 Å². The predicted octanol–water partition coefficient (Wildman–Crippen LogP) is 2.24. The number of halogens is 3. The fourth-order valence-electron chi connectivity index (χ4n) is 2.30. The average molecular weight is 334 g/mol. The average Bonchev–Trinajstić information content (AvgIpc) is 3.16. The Bertz CT molecular complexity index is 577. The van der Waals surface area contributed by atoms with Crippen LogP contribution in [0.2, 0.25) is 0 Å². The zero-order valence-corrected chi connectivity index (χ0v) is 12.8. The van der Waals surface area contributed by atoms with E-state index in [0.717, 1.165) is 6.07 Å². The molecule has 0 radical (unpaired) electrons. The van der Waals surface area contributed by atoms with Crippen LogP contribution in [0.25, 0.3) is 0 Å². The fraction of sp³-hybridized carbons (Fsp3) is 0.500. The summed E-state index contributed by atoms with van der Waals surface area (Å²) in [5.41, 5.74) is -0.430. The lowest BCUT2D eigenvalue weighted by Gasteiger charge is -2.13. The van der Waals surface area contributed by atoms with Crippen LogP contribution in [-0.4, -0.2) is 34.8 Å². The molecule has 1 aromatic carbocycles. The lowest BCUT2D eigenvalue weighted by atomic mass is 10.0. The minimum atomic E-state index is -4.39. The molecule has 1 aliphatic rings. The molecule has 3 atom stereocenters. The summed E-state index contributed by atoms with van der Waals surface area (Å²) in [5.74, 6) is 0.0298. The molecule has 1 aromatic rings. The molecule has 0 aromatic heterocycles. The van der Waals surface area contributed by atoms with Gasteiger partial charge in [0.15, 0.2) is 0 Å². The Morgan fingerprint density at radius 3 is 2.68 bits per heavy atom. The number of carbonyl (C=O) groups is 1. The number of rotatable bonds is 5. The number of hydrogen-bond acceptors (Lipinski definition) is 2. The summed E-state index contributed by atoms with van der Waals surface area (Å²) in [6.45, 7) is 0.269. The molecule has 2 rings (SSSR count). The van der Waals surface area contributed by atoms with Crippen molar-refractivity contribution in [1.82, 2.24) is 10.6 Å². The van der Waals surface area contributed by atoms with Gasteiger partial charge in [-0.15, -0.1) is 0 Å². The van der Waals surface area contributed by atoms with Crippen LogP contribution in [0.3, 0.4) is 0 Å². The number of nitrogens with one attached hydrogen (secondary N) is 2. The molecule has 1 saturated carbocycles. The van der Waals surface area contributed by atoms with E-state index in [9.17, 15) is 22.2 Å². The molecule has 2 amide bonds. The van der Waals surface area contributed by atoms with E-state index < -0.39 is 28.6 Å². The number of hydrogen-bond donors (Lipinski definition) is 2. The Kier molecular flexibility index (Phi) is 5.10. The second-order valence-electron chi connectivity index (χ2n) is 5.21. The second kappa shape index (κ2) is 6.68. The Morgan fingerprint density at radius 1 is 1.36 bits per heavy atom. The van der Waals surface area contributed by atoms with E-state index in [1.165, 1.54) is 18.4 Å². The van der Waals surface area contributed by atoms with E-state index in [1.807, 2.05) is 0 Å². The fourth-order valence-corrected chi connectivity index (χ4v) is 2.69. The number of carbonyl (C=O) groups excluding carboxylic acids is 1. The SMILES string of the molecule is CS(=O)CCNC(=O)NC1CC1c1ccccc1C(F)(F)F. The van der Waals surface area contributed by atoms with E-state index in [1.54, 1.807) is 6.07 Å². The normalized spacial score (nSPS) is 22.0. The quantitative estimate of drug-likeness (QED) is 0.868. The van der Waals surface area contributed by atoms with Crippen molar-refractivity contribution < 1.29 is 22.2 Å². The Labute approximate surface area is 128 Å². The van der Waals surface area contributed by atoms with E-state index in [2.05, 4.69) is 10.6 Å². The maximum atomic E-state index is 12.9. The molecule has 3 unspecified atom stereocenters. The van der Waals surface area contributed by atoms with Gasteiger partial charge in [-0.1, -0.05) is 18.2 Å². The lowest BCUT2D eigenvalue weighted by Crippen LogP contribution is -2.39. The van der Waals surface area contributed by atoms with Crippen molar-refractivity contribution in [3.05, 3.63) is 35.4 Å². The molecule has 0 spiro atoms. The molecule has 8 heteroatoms. The molecule has 1 aliphatic carbocycles. The smallest absolute Gasteiger partial charge is 0.337 e. The highest BCUT2D eigenvalue weighted by Gasteiger charge is 2.44. The van der Waals surface area contributed by atoms with Crippen LogP contribution in [0.4, 0.5) is 18.0 Å². The van der Waals surface area contributed by atoms with Crippen LogP contribution in [0.1, 0.15) is 23.5 Å². The van der Waals surface area contributed by atoms with Gasteiger partial charge in [-0.3, -0.25) is 4.21 Å². The molecule has 0 saturated heterocycles. The van der Waals surface area contributed by atoms with Gasteiger partial charge in [0, 0.05) is 41.3 Å². The largest absolute Gasteiger partial charge is 0.416 e. The Balaban J connectivity index is 1.91. The highest BCUT2D eigenvalue weighted by atomic mass is 32.2. The third kappa shape index (κ3) is 4.46. The molecular formula is C14H17F3N2O2S. The van der Waals surface area contributed by atoms with Gasteiger partial charge in [0.1, 0.15) is 0 Å². The standard InChI is InChI=1S/C14H17F3N2O2S/c1-22(21)7-6-18-13(20)19-12-8-10(12)9-4-2-3-5-11(9)14(15,16)17/h2-5,10,12H,6-8H2,1H3,(H2,18,19,20). The van der Waals surface area contributed by atoms with Gasteiger partial charge in [-0.05, 0) is 18.1 Å². The lowest BCUT2D eigenvalue weighted by molar-refractivity contribution is -0.138. The first-order chi connectivity index (χ1) is 10.3. The zero-order valence-electron chi connectivity index (χ0n) is 11.9. The van der Waals surface area contributed by atoms with Gasteiger partial charge in [0.2, 0.25) is 0 Å². The molecule has 22 heavy (non-hydrogen) atoms. The van der Waals surface area contributed by atoms with Crippen molar-refractivity contribution in [2.24, 2.45) is 0 Å². The van der Waals surface area contributed by atoms with Gasteiger partial charge >= 0.3 is 12.2 Å². The van der Waals surface area contributed by atoms with Crippen molar-refractivity contribution in [3.63, 3.8) is 0 Å². The summed E-state index contributed by atoms with van der Waals surface area (Å²) in [7, 11) is -0.996. The molecule has 122 valence electrons. The van der Waals surface area contributed by atoms with Gasteiger partial charge in [-0.2, -0.15) is 13.2 Å². The van der Waals surface area contributed by atoms with Gasteiger partial charge in [0.25, 0.3) is 0 Å². The molecule has 2 N–H and O–H groups in total. The first kappa shape index (κ1) is 16.8. The topological polar surface area (TPSA) is 58.2 Å². The maximum absolute atomic E-state index is 12.9. The highest BCUT2D eigenvalue weighted by molar-refractivity contribution is 7.84. The molecule has 0 bridgehead atoms. The summed E-state index contributed by atoms with van der Waals surface area (Å²) in [4.78, 5) is 11.6. The monoisotopic (exact) mass is 334 g/mol. The summed E-state index contributed by atoms with van der Waals surface area (Å²) >= 11 is 0. The maximum Gasteiger partial charge on any atom is 0.416 e. The minimum Gasteiger partial charge on any atom is -0.337 e. The molecule has 4 nitrogen and oxygen atoms in total. The van der Waals surface area contributed by atoms with Crippen LogP contribution in [0.15, 0.2) is 24.3 Å². The van der Waals surface area contributed by atoms with Crippen molar-refractivity contribution in [3.8, 4) is 0 Å². The van der Waals surface area contributed by atoms with E-state index in [4.69, 9.17) is 0 Å². The van der Waals surface area contributed by atoms with Crippen LogP contribution < -0.4 is 10.6 Å². The zero-order chi connectivity index (χ0) is 16.3. The number of benzene rings is 1. The van der Waals surface area contributed by atoms with Crippen LogP contribution in [-0.2, 0) is 17.0 Å². The third-order valence-electron chi connectivity index (χ3n) is 3.45. The summed E-state index contributed by atoms with van der Waals surface area (Å²) in [5, 5.41) is 5.18. The second-order valence-corrected chi connectivity index (χ2v) is 6.77. The van der Waals surface area contributed by atoms with Crippen molar-refractivity contribution >= 4 is 16.8 Å². The van der Waals surface area contributed by atoms with Crippen molar-refractivity contribution in [2.45, 2.75) is 24.6 Å². The number of amides is 2. The van der Waals surface area contributed by atoms with Crippen LogP contribution in [0.5, 0.6) is 0 Å². The van der Waals surface area contributed by atoms with E-state index >= 15 is 0 Å². The highest BCUT2D eigenvalue weighted by Crippen LogP contribution is 2.45. The van der Waals surface area contributed by atoms with Crippen molar-refractivity contribution in [2.75, 3.05) is 18.6 Å². The van der Waals surface area contributed by atoms with E-state index in [-0.39, 0.29) is 24.1 Å². The number of urea groups is 1. The summed E-state index contributed by atoms with van der Waals surface area (Å²) in [6, 6.07) is 4.69. The first-order valence-electron chi connectivity index (χ1n) is 6.79. The predicted molar refractivity (Wildman–Crippen MR) is 78.1 cm³/mol. The van der Waals surface area contributed by atoms with Crippen molar-refractivity contribution in [1.29, 1.82) is 0 Å². The molecule has 0 heterocycles. The molecular weight excluding hydrogens is 317 g/mol. The summed E-state index contributed by atoms with van der Waals surface area (Å²) < 4.78 is 49.7. The number of alkyl halides is 3. The van der Waals surface area contributed by atoms with Crippen LogP contribution in [0, 0.1) is 0 Å². The Morgan fingerprint density at radius 2 is 2.05 bits per heavy atom. The third-order valence-corrected chi connectivity index (χ3v) is 4.23. The van der Waals surface area contributed by atoms with Crippen LogP contribution >= 0.6 is 0 Å². The first-order valence-corrected chi connectivity index (χ1v) is 8.52. The molecule has 0 aliphatic heterocycles. The van der Waals surface area contributed by atoms with Gasteiger partial charge in [0.05, 0.1) is 5.56 Å². The minimum absolute atomic E-state index is 0.218. The molecule has 1 fully saturated rings.